The molecule has 1 unspecified atom stereocenters. The number of fused-ring (bicyclic) bond motifs is 2. The first-order valence-electron chi connectivity index (χ1n) is 9.12. The van der Waals surface area contributed by atoms with Gasteiger partial charge in [-0.3, -0.25) is 29.0 Å². The summed E-state index contributed by atoms with van der Waals surface area (Å²) in [4.78, 5) is 49.4. The van der Waals surface area contributed by atoms with E-state index in [1.807, 2.05) is 0 Å². The van der Waals surface area contributed by atoms with Crippen molar-refractivity contribution < 1.29 is 19.2 Å². The Kier molecular flexibility index (Phi) is 6.70. The van der Waals surface area contributed by atoms with Crippen LogP contribution in [0.15, 0.2) is 61.2 Å². The minimum atomic E-state index is -0.413. The van der Waals surface area contributed by atoms with Gasteiger partial charge in [0.1, 0.15) is 0 Å². The molecule has 2 aromatic carbocycles. The van der Waals surface area contributed by atoms with E-state index in [-0.39, 0.29) is 42.6 Å². The van der Waals surface area contributed by atoms with E-state index in [9.17, 15) is 19.2 Å². The summed E-state index contributed by atoms with van der Waals surface area (Å²) in [6, 6.07) is 13.6. The van der Waals surface area contributed by atoms with Gasteiger partial charge in [0, 0.05) is 19.0 Å². The zero-order valence-electron chi connectivity index (χ0n) is 15.9. The molecule has 6 nitrogen and oxygen atoms in total. The molecule has 0 saturated carbocycles. The molecule has 154 valence electrons. The van der Waals surface area contributed by atoms with Gasteiger partial charge in [-0.1, -0.05) is 30.3 Å². The molecule has 2 aliphatic heterocycles. The number of carbonyl (C=O) groups is 4. The van der Waals surface area contributed by atoms with Crippen molar-refractivity contribution >= 4 is 46.8 Å². The van der Waals surface area contributed by atoms with Crippen LogP contribution in [0, 0.1) is 0 Å². The number of amides is 4. The van der Waals surface area contributed by atoms with Crippen LogP contribution in [0.4, 0.5) is 0 Å². The highest BCUT2D eigenvalue weighted by molar-refractivity contribution is 6.29. The number of benzene rings is 2. The fourth-order valence-electron chi connectivity index (χ4n) is 3.19. The molecule has 2 heterocycles. The third-order valence-corrected chi connectivity index (χ3v) is 5.44. The SMILES string of the molecule is C=CCN1C(=O)c2ccccc2C1=O.O=C1c2ccccc2C(=O)N1CC(Cl)CCl. The molecule has 0 spiro atoms. The van der Waals surface area contributed by atoms with Gasteiger partial charge < -0.3 is 0 Å². The Balaban J connectivity index is 0.000000172. The number of rotatable bonds is 5. The summed E-state index contributed by atoms with van der Waals surface area (Å²) in [6.45, 7) is 3.93. The molecule has 0 saturated heterocycles. The van der Waals surface area contributed by atoms with Gasteiger partial charge in [0.25, 0.3) is 23.6 Å². The lowest BCUT2D eigenvalue weighted by molar-refractivity contribution is 0.0646. The number of halogens is 2. The molecular weight excluding hydrogens is 427 g/mol. The largest absolute Gasteiger partial charge is 0.273 e. The fraction of sp³-hybridized carbons (Fsp3) is 0.182. The number of alkyl halides is 2. The van der Waals surface area contributed by atoms with Crippen LogP contribution >= 0.6 is 23.2 Å². The summed E-state index contributed by atoms with van der Waals surface area (Å²) >= 11 is 11.4. The molecule has 0 N–H and O–H groups in total. The molecule has 0 fully saturated rings. The first kappa shape index (κ1) is 21.7. The topological polar surface area (TPSA) is 74.8 Å². The van der Waals surface area contributed by atoms with Crippen molar-refractivity contribution in [1.29, 1.82) is 0 Å². The third-order valence-electron chi connectivity index (χ3n) is 4.62. The van der Waals surface area contributed by atoms with Crippen LogP contribution in [-0.4, -0.2) is 57.8 Å². The van der Waals surface area contributed by atoms with E-state index >= 15 is 0 Å². The molecule has 4 amide bonds. The highest BCUT2D eigenvalue weighted by Crippen LogP contribution is 2.23. The van der Waals surface area contributed by atoms with Gasteiger partial charge >= 0.3 is 0 Å². The zero-order valence-corrected chi connectivity index (χ0v) is 17.4. The van der Waals surface area contributed by atoms with Crippen LogP contribution in [0.1, 0.15) is 41.4 Å². The van der Waals surface area contributed by atoms with Crippen molar-refractivity contribution in [2.45, 2.75) is 5.38 Å². The second-order valence-electron chi connectivity index (χ2n) is 6.57. The highest BCUT2D eigenvalue weighted by atomic mass is 35.5. The number of hydrogen-bond donors (Lipinski definition) is 0. The van der Waals surface area contributed by atoms with E-state index in [0.717, 1.165) is 4.90 Å². The van der Waals surface area contributed by atoms with E-state index < -0.39 is 5.38 Å². The van der Waals surface area contributed by atoms with E-state index in [4.69, 9.17) is 23.2 Å². The monoisotopic (exact) mass is 444 g/mol. The molecule has 4 rings (SSSR count). The summed E-state index contributed by atoms with van der Waals surface area (Å²) in [7, 11) is 0. The van der Waals surface area contributed by atoms with Gasteiger partial charge in [0.15, 0.2) is 0 Å². The third kappa shape index (κ3) is 4.01. The smallest absolute Gasteiger partial charge is 0.261 e. The summed E-state index contributed by atoms with van der Waals surface area (Å²) in [6.07, 6.45) is 1.54. The maximum Gasteiger partial charge on any atom is 0.261 e. The molecule has 1 atom stereocenters. The minimum absolute atomic E-state index is 0.150. The van der Waals surface area contributed by atoms with Crippen LogP contribution in [0.2, 0.25) is 0 Å². The zero-order chi connectivity index (χ0) is 21.8. The van der Waals surface area contributed by atoms with Gasteiger partial charge in [-0.2, -0.15) is 0 Å². The van der Waals surface area contributed by atoms with Gasteiger partial charge in [-0.05, 0) is 24.3 Å². The van der Waals surface area contributed by atoms with E-state index in [2.05, 4.69) is 6.58 Å². The Morgan fingerprint density at radius 2 is 1.13 bits per heavy atom. The van der Waals surface area contributed by atoms with Gasteiger partial charge in [0.2, 0.25) is 0 Å². The van der Waals surface area contributed by atoms with Gasteiger partial charge in [0.05, 0.1) is 27.6 Å². The van der Waals surface area contributed by atoms with Crippen LogP contribution < -0.4 is 0 Å². The Morgan fingerprint density at radius 1 is 0.767 bits per heavy atom. The lowest BCUT2D eigenvalue weighted by atomic mass is 10.1. The van der Waals surface area contributed by atoms with Gasteiger partial charge in [-0.15, -0.1) is 29.8 Å². The maximum absolute atomic E-state index is 11.9. The van der Waals surface area contributed by atoms with Crippen LogP contribution in [0.5, 0.6) is 0 Å². The number of carbonyl (C=O) groups excluding carboxylic acids is 4. The summed E-state index contributed by atoms with van der Waals surface area (Å²) < 4.78 is 0. The average Bonchev–Trinajstić information content (AvgIpc) is 3.15. The van der Waals surface area contributed by atoms with Crippen molar-refractivity contribution in [2.75, 3.05) is 19.0 Å². The lowest BCUT2D eigenvalue weighted by Gasteiger charge is -2.15. The highest BCUT2D eigenvalue weighted by Gasteiger charge is 2.36. The number of nitrogens with zero attached hydrogens (tertiary/aromatic N) is 2. The number of imide groups is 2. The number of hydrogen-bond acceptors (Lipinski definition) is 4. The molecule has 0 radical (unpaired) electrons. The average molecular weight is 445 g/mol. The molecule has 0 aromatic heterocycles. The van der Waals surface area contributed by atoms with Crippen LogP contribution in [0.25, 0.3) is 0 Å². The molecule has 0 bridgehead atoms. The molecule has 0 aliphatic carbocycles. The van der Waals surface area contributed by atoms with Crippen LogP contribution in [-0.2, 0) is 0 Å². The normalized spacial score (nSPS) is 15.5. The summed E-state index contributed by atoms with van der Waals surface area (Å²) in [5.41, 5.74) is 1.84. The molecule has 2 aliphatic rings. The van der Waals surface area contributed by atoms with Crippen molar-refractivity contribution in [1.82, 2.24) is 9.80 Å². The van der Waals surface area contributed by atoms with E-state index in [1.165, 1.54) is 4.90 Å². The van der Waals surface area contributed by atoms with Crippen molar-refractivity contribution in [3.8, 4) is 0 Å². The van der Waals surface area contributed by atoms with Crippen molar-refractivity contribution in [3.05, 3.63) is 83.4 Å². The Hall–Kier alpha value is -2.96. The minimum Gasteiger partial charge on any atom is -0.273 e. The summed E-state index contributed by atoms with van der Waals surface area (Å²) in [5, 5.41) is -0.413. The first-order valence-corrected chi connectivity index (χ1v) is 10.1. The second-order valence-corrected chi connectivity index (χ2v) is 7.50. The van der Waals surface area contributed by atoms with Crippen molar-refractivity contribution in [3.63, 3.8) is 0 Å². The summed E-state index contributed by atoms with van der Waals surface area (Å²) in [5.74, 6) is -0.849. The van der Waals surface area contributed by atoms with E-state index in [0.29, 0.717) is 22.3 Å². The Bertz CT molecular complexity index is 967. The molecule has 8 heteroatoms. The van der Waals surface area contributed by atoms with E-state index in [1.54, 1.807) is 54.6 Å². The second kappa shape index (κ2) is 9.24. The Morgan fingerprint density at radius 3 is 1.47 bits per heavy atom. The van der Waals surface area contributed by atoms with Gasteiger partial charge in [-0.25, -0.2) is 0 Å². The predicted octanol–water partition coefficient (Wildman–Crippen LogP) is 3.60. The molecular formula is C22H18Cl2N2O4. The fourth-order valence-corrected chi connectivity index (χ4v) is 3.42. The molecule has 2 aromatic rings. The quantitative estimate of drug-likeness (QED) is 0.401. The first-order chi connectivity index (χ1) is 14.4. The lowest BCUT2D eigenvalue weighted by Crippen LogP contribution is -2.35. The van der Waals surface area contributed by atoms with Crippen molar-refractivity contribution in [2.24, 2.45) is 0 Å². The Labute approximate surface area is 183 Å². The maximum atomic E-state index is 11.9. The standard InChI is InChI=1S/C11H9Cl2NO2.C11H9NO2/c12-5-7(13)6-14-10(15)8-3-1-2-4-9(8)11(14)16;1-2-7-12-10(13)8-5-3-4-6-9(8)11(12)14/h1-4,7H,5-6H2;2-6H,1,7H2. The molecule has 30 heavy (non-hydrogen) atoms. The van der Waals surface area contributed by atoms with Crippen LogP contribution in [0.3, 0.4) is 0 Å². The predicted molar refractivity (Wildman–Crippen MR) is 114 cm³/mol.